The van der Waals surface area contributed by atoms with Crippen LogP contribution in [0.5, 0.6) is 11.5 Å². The second kappa shape index (κ2) is 11.0. The Morgan fingerprint density at radius 2 is 1.86 bits per heavy atom. The number of fused-ring (bicyclic) bond motifs is 1. The maximum absolute atomic E-state index is 12.4. The van der Waals surface area contributed by atoms with Gasteiger partial charge in [-0.25, -0.2) is 17.9 Å². The molecule has 1 aliphatic heterocycles. The van der Waals surface area contributed by atoms with E-state index in [0.717, 1.165) is 0 Å². The van der Waals surface area contributed by atoms with Gasteiger partial charge in [0.15, 0.2) is 11.5 Å². The first-order chi connectivity index (χ1) is 13.8. The van der Waals surface area contributed by atoms with Crippen molar-refractivity contribution in [1.82, 2.24) is 10.0 Å². The van der Waals surface area contributed by atoms with Gasteiger partial charge in [-0.1, -0.05) is 6.42 Å². The van der Waals surface area contributed by atoms with Crippen LogP contribution in [0.2, 0.25) is 0 Å². The van der Waals surface area contributed by atoms with Crippen LogP contribution in [-0.2, 0) is 24.3 Å². The van der Waals surface area contributed by atoms with E-state index in [1.165, 1.54) is 12.1 Å². The Morgan fingerprint density at radius 3 is 2.59 bits per heavy atom. The van der Waals surface area contributed by atoms with Gasteiger partial charge in [0, 0.05) is 19.0 Å². The highest BCUT2D eigenvalue weighted by molar-refractivity contribution is 7.89. The summed E-state index contributed by atoms with van der Waals surface area (Å²) in [6, 6.07) is 3.83. The van der Waals surface area contributed by atoms with Crippen molar-refractivity contribution < 1.29 is 32.2 Å². The molecule has 2 rings (SSSR count). The number of sulfonamides is 1. The Labute approximate surface area is 171 Å². The predicted molar refractivity (Wildman–Crippen MR) is 105 cm³/mol. The highest BCUT2D eigenvalue weighted by atomic mass is 32.2. The van der Waals surface area contributed by atoms with E-state index in [1.807, 2.05) is 0 Å². The van der Waals surface area contributed by atoms with Gasteiger partial charge in [-0.2, -0.15) is 0 Å². The molecule has 1 aromatic carbocycles. The van der Waals surface area contributed by atoms with Gasteiger partial charge in [0.25, 0.3) is 0 Å². The molecule has 1 aromatic rings. The van der Waals surface area contributed by atoms with Crippen LogP contribution in [-0.4, -0.2) is 52.7 Å². The van der Waals surface area contributed by atoms with E-state index in [4.69, 9.17) is 14.2 Å². The molecule has 162 valence electrons. The lowest BCUT2D eigenvalue weighted by Crippen LogP contribution is -2.39. The van der Waals surface area contributed by atoms with Crippen LogP contribution < -0.4 is 19.5 Å². The van der Waals surface area contributed by atoms with Crippen molar-refractivity contribution in [3.63, 3.8) is 0 Å². The first-order valence-corrected chi connectivity index (χ1v) is 11.2. The predicted octanol–water partition coefficient (Wildman–Crippen LogP) is 1.36. The van der Waals surface area contributed by atoms with Crippen molar-refractivity contribution in [2.45, 2.75) is 50.5 Å². The standard InChI is InChI=1S/C19H28N2O7S/c1-3-26-19(23)14(2)21-18(22)7-5-4-6-10-20-29(24,25)15-8-9-16-17(13-15)28-12-11-27-16/h8-9,13-14,20H,3-7,10-12H2,1-2H3,(H,21,22). The maximum Gasteiger partial charge on any atom is 0.328 e. The number of carbonyl (C=O) groups excluding carboxylic acids is 2. The van der Waals surface area contributed by atoms with Gasteiger partial charge in [-0.15, -0.1) is 0 Å². The summed E-state index contributed by atoms with van der Waals surface area (Å²) in [7, 11) is -3.64. The largest absolute Gasteiger partial charge is 0.486 e. The van der Waals surface area contributed by atoms with Crippen molar-refractivity contribution in [1.29, 1.82) is 0 Å². The van der Waals surface area contributed by atoms with Crippen molar-refractivity contribution in [3.05, 3.63) is 18.2 Å². The highest BCUT2D eigenvalue weighted by Crippen LogP contribution is 2.32. The molecule has 0 bridgehead atoms. The average Bonchev–Trinajstić information content (AvgIpc) is 2.70. The summed E-state index contributed by atoms with van der Waals surface area (Å²) in [5.41, 5.74) is 0. The van der Waals surface area contributed by atoms with Crippen LogP contribution in [0.3, 0.4) is 0 Å². The van der Waals surface area contributed by atoms with E-state index in [0.29, 0.717) is 44.0 Å². The SMILES string of the molecule is CCOC(=O)C(C)NC(=O)CCCCCNS(=O)(=O)c1ccc2c(c1)OCCO2. The lowest BCUT2D eigenvalue weighted by molar-refractivity contribution is -0.146. The number of amides is 1. The normalized spacial score (nSPS) is 14.1. The Morgan fingerprint density at radius 1 is 1.14 bits per heavy atom. The monoisotopic (exact) mass is 428 g/mol. The Hall–Kier alpha value is -2.33. The minimum absolute atomic E-state index is 0.120. The van der Waals surface area contributed by atoms with E-state index >= 15 is 0 Å². The summed E-state index contributed by atoms with van der Waals surface area (Å²) in [5.74, 6) is 0.254. The molecule has 0 spiro atoms. The molecule has 0 aliphatic carbocycles. The summed E-state index contributed by atoms with van der Waals surface area (Å²) < 4.78 is 42.9. The molecule has 1 amide bonds. The Kier molecular flexibility index (Phi) is 8.71. The molecule has 0 saturated carbocycles. The van der Waals surface area contributed by atoms with Crippen molar-refractivity contribution in [3.8, 4) is 11.5 Å². The molecule has 0 fully saturated rings. The summed E-state index contributed by atoms with van der Waals surface area (Å²) in [6.07, 6.45) is 2.11. The van der Waals surface area contributed by atoms with Crippen LogP contribution in [0.15, 0.2) is 23.1 Å². The summed E-state index contributed by atoms with van der Waals surface area (Å²) in [4.78, 5) is 23.4. The van der Waals surface area contributed by atoms with Crippen LogP contribution in [0.1, 0.15) is 39.5 Å². The van der Waals surface area contributed by atoms with Gasteiger partial charge >= 0.3 is 5.97 Å². The Bertz CT molecular complexity index is 811. The second-order valence-electron chi connectivity index (χ2n) is 6.56. The Balaban J connectivity index is 1.67. The fraction of sp³-hybridized carbons (Fsp3) is 0.579. The molecule has 1 heterocycles. The van der Waals surface area contributed by atoms with Crippen molar-refractivity contribution >= 4 is 21.9 Å². The van der Waals surface area contributed by atoms with E-state index in [-0.39, 0.29) is 30.4 Å². The number of rotatable bonds is 11. The van der Waals surface area contributed by atoms with Gasteiger partial charge in [0.2, 0.25) is 15.9 Å². The van der Waals surface area contributed by atoms with E-state index < -0.39 is 22.0 Å². The molecule has 1 unspecified atom stereocenters. The minimum atomic E-state index is -3.64. The number of hydrogen-bond acceptors (Lipinski definition) is 7. The van der Waals surface area contributed by atoms with Gasteiger partial charge in [0.05, 0.1) is 11.5 Å². The third kappa shape index (κ3) is 7.21. The van der Waals surface area contributed by atoms with Gasteiger partial charge in [0.1, 0.15) is 19.3 Å². The molecule has 0 aromatic heterocycles. The zero-order valence-corrected chi connectivity index (χ0v) is 17.5. The number of esters is 1. The number of carbonyl (C=O) groups is 2. The average molecular weight is 429 g/mol. The van der Waals surface area contributed by atoms with Gasteiger partial charge < -0.3 is 19.5 Å². The van der Waals surface area contributed by atoms with Gasteiger partial charge in [-0.05, 0) is 38.8 Å². The number of ether oxygens (including phenoxy) is 3. The molecule has 10 heteroatoms. The number of nitrogens with one attached hydrogen (secondary N) is 2. The fourth-order valence-corrected chi connectivity index (χ4v) is 3.80. The molecule has 29 heavy (non-hydrogen) atoms. The number of benzene rings is 1. The zero-order valence-electron chi connectivity index (χ0n) is 16.7. The molecule has 0 saturated heterocycles. The summed E-state index contributed by atoms with van der Waals surface area (Å²) in [5, 5.41) is 2.58. The third-order valence-corrected chi connectivity index (χ3v) is 5.67. The number of hydrogen-bond donors (Lipinski definition) is 2. The second-order valence-corrected chi connectivity index (χ2v) is 8.32. The first-order valence-electron chi connectivity index (χ1n) is 9.69. The lowest BCUT2D eigenvalue weighted by atomic mass is 10.2. The molecular weight excluding hydrogens is 400 g/mol. The molecular formula is C19H28N2O7S. The van der Waals surface area contributed by atoms with E-state index in [2.05, 4.69) is 10.0 Å². The summed E-state index contributed by atoms with van der Waals surface area (Å²) in [6.45, 7) is 4.63. The van der Waals surface area contributed by atoms with E-state index in [1.54, 1.807) is 19.9 Å². The minimum Gasteiger partial charge on any atom is -0.486 e. The lowest BCUT2D eigenvalue weighted by Gasteiger charge is -2.18. The highest BCUT2D eigenvalue weighted by Gasteiger charge is 2.19. The number of unbranched alkanes of at least 4 members (excludes halogenated alkanes) is 2. The van der Waals surface area contributed by atoms with Gasteiger partial charge in [-0.3, -0.25) is 4.79 Å². The molecule has 1 aliphatic rings. The van der Waals surface area contributed by atoms with Crippen LogP contribution in [0.4, 0.5) is 0 Å². The van der Waals surface area contributed by atoms with Crippen molar-refractivity contribution in [2.75, 3.05) is 26.4 Å². The smallest absolute Gasteiger partial charge is 0.328 e. The topological polar surface area (TPSA) is 120 Å². The zero-order chi connectivity index (χ0) is 21.3. The first kappa shape index (κ1) is 23.0. The third-order valence-electron chi connectivity index (χ3n) is 4.21. The van der Waals surface area contributed by atoms with Crippen LogP contribution >= 0.6 is 0 Å². The van der Waals surface area contributed by atoms with E-state index in [9.17, 15) is 18.0 Å². The molecule has 1 atom stereocenters. The van der Waals surface area contributed by atoms with Crippen LogP contribution in [0, 0.1) is 0 Å². The fourth-order valence-electron chi connectivity index (χ4n) is 2.71. The quantitative estimate of drug-likeness (QED) is 0.403. The van der Waals surface area contributed by atoms with Crippen molar-refractivity contribution in [2.24, 2.45) is 0 Å². The summed E-state index contributed by atoms with van der Waals surface area (Å²) >= 11 is 0. The molecule has 2 N–H and O–H groups in total. The molecule has 9 nitrogen and oxygen atoms in total. The molecule has 0 radical (unpaired) electrons. The maximum atomic E-state index is 12.4. The van der Waals surface area contributed by atoms with Crippen LogP contribution in [0.25, 0.3) is 0 Å².